The predicted molar refractivity (Wildman–Crippen MR) is 59.2 cm³/mol. The second-order valence-corrected chi connectivity index (χ2v) is 4.72. The maximum absolute atomic E-state index is 13.2. The molecule has 0 saturated heterocycles. The van der Waals surface area contributed by atoms with Gasteiger partial charge in [0.2, 0.25) is 0 Å². The van der Waals surface area contributed by atoms with Crippen LogP contribution >= 0.6 is 0 Å². The minimum Gasteiger partial charge on any atom is -0.381 e. The second-order valence-electron chi connectivity index (χ2n) is 4.72. The lowest BCUT2D eigenvalue weighted by Gasteiger charge is -2.19. The molecule has 0 bridgehead atoms. The van der Waals surface area contributed by atoms with Crippen molar-refractivity contribution < 1.29 is 9.18 Å². The maximum Gasteiger partial charge on any atom is 0.123 e. The number of aldehydes is 1. The van der Waals surface area contributed by atoms with Crippen LogP contribution in [0.3, 0.4) is 0 Å². The van der Waals surface area contributed by atoms with Gasteiger partial charge in [0, 0.05) is 11.6 Å². The van der Waals surface area contributed by atoms with Crippen molar-refractivity contribution in [2.45, 2.75) is 31.7 Å². The molecule has 1 aliphatic heterocycles. The molecular weight excluding hydrogens is 205 g/mol. The van der Waals surface area contributed by atoms with Crippen LogP contribution in [0.2, 0.25) is 0 Å². The van der Waals surface area contributed by atoms with E-state index in [1.807, 2.05) is 0 Å². The van der Waals surface area contributed by atoms with Crippen molar-refractivity contribution in [1.29, 1.82) is 0 Å². The molecule has 0 amide bonds. The van der Waals surface area contributed by atoms with Gasteiger partial charge in [0.25, 0.3) is 0 Å². The molecule has 3 aliphatic rings. The molecule has 0 aromatic heterocycles. The summed E-state index contributed by atoms with van der Waals surface area (Å²) in [6.45, 7) is 0. The first-order valence-corrected chi connectivity index (χ1v) is 5.79. The van der Waals surface area contributed by atoms with E-state index in [2.05, 4.69) is 5.32 Å². The third-order valence-corrected chi connectivity index (χ3v) is 3.70. The molecule has 0 unspecified atom stereocenters. The summed E-state index contributed by atoms with van der Waals surface area (Å²) in [5.74, 6) is -0.0239. The van der Waals surface area contributed by atoms with Crippen LogP contribution in [0.5, 0.6) is 0 Å². The lowest BCUT2D eigenvalue weighted by atomic mass is 9.84. The van der Waals surface area contributed by atoms with Gasteiger partial charge in [-0.3, -0.25) is 0 Å². The Morgan fingerprint density at radius 3 is 3.19 bits per heavy atom. The molecule has 1 N–H and O–H groups in total. The molecule has 0 saturated carbocycles. The lowest BCUT2D eigenvalue weighted by Crippen LogP contribution is -2.24. The molecule has 0 aromatic carbocycles. The maximum atomic E-state index is 13.2. The highest BCUT2D eigenvalue weighted by molar-refractivity contribution is 5.59. The van der Waals surface area contributed by atoms with Gasteiger partial charge in [-0.25, -0.2) is 4.39 Å². The first-order valence-electron chi connectivity index (χ1n) is 5.79. The van der Waals surface area contributed by atoms with Gasteiger partial charge < -0.3 is 10.1 Å². The molecule has 16 heavy (non-hydrogen) atoms. The van der Waals surface area contributed by atoms with E-state index in [-0.39, 0.29) is 17.8 Å². The topological polar surface area (TPSA) is 29.1 Å². The number of carbonyl (C=O) groups excluding carboxylic acids is 1. The Hall–Kier alpha value is -1.38. The van der Waals surface area contributed by atoms with Crippen molar-refractivity contribution in [3.05, 3.63) is 34.8 Å². The summed E-state index contributed by atoms with van der Waals surface area (Å²) in [6.07, 6.45) is 7.62. The monoisotopic (exact) mass is 219 g/mol. The van der Waals surface area contributed by atoms with Crippen molar-refractivity contribution in [2.24, 2.45) is 5.92 Å². The number of fused-ring (bicyclic) bond motifs is 2. The summed E-state index contributed by atoms with van der Waals surface area (Å²) >= 11 is 0. The van der Waals surface area contributed by atoms with Gasteiger partial charge >= 0.3 is 0 Å². The molecule has 0 radical (unpaired) electrons. The van der Waals surface area contributed by atoms with Gasteiger partial charge in [0.1, 0.15) is 12.1 Å². The Labute approximate surface area is 93.9 Å². The van der Waals surface area contributed by atoms with Crippen LogP contribution in [0.1, 0.15) is 25.7 Å². The first-order chi connectivity index (χ1) is 7.78. The van der Waals surface area contributed by atoms with Gasteiger partial charge in [-0.2, -0.15) is 0 Å². The molecule has 2 atom stereocenters. The average Bonchev–Trinajstić information content (AvgIpc) is 2.66. The van der Waals surface area contributed by atoms with Gasteiger partial charge in [0.15, 0.2) is 0 Å². The van der Waals surface area contributed by atoms with Gasteiger partial charge in [-0.05, 0) is 49.0 Å². The highest BCUT2D eigenvalue weighted by Crippen LogP contribution is 2.40. The predicted octanol–water partition coefficient (Wildman–Crippen LogP) is 2.39. The van der Waals surface area contributed by atoms with E-state index >= 15 is 0 Å². The number of rotatable bonds is 1. The van der Waals surface area contributed by atoms with Crippen LogP contribution in [-0.4, -0.2) is 12.3 Å². The third-order valence-electron chi connectivity index (χ3n) is 3.70. The highest BCUT2D eigenvalue weighted by atomic mass is 19.1. The van der Waals surface area contributed by atoms with Crippen molar-refractivity contribution in [3.8, 4) is 0 Å². The van der Waals surface area contributed by atoms with E-state index in [1.165, 1.54) is 11.3 Å². The molecule has 1 heterocycles. The summed E-state index contributed by atoms with van der Waals surface area (Å²) in [7, 11) is 0. The van der Waals surface area contributed by atoms with E-state index in [0.717, 1.165) is 37.5 Å². The molecule has 3 rings (SSSR count). The Balaban J connectivity index is 1.94. The Morgan fingerprint density at radius 2 is 2.38 bits per heavy atom. The SMILES string of the molecule is O=C[C@H]1CCC2=C(C1)C1=CC(F)=CC[C@H]1N2. The van der Waals surface area contributed by atoms with Gasteiger partial charge in [-0.15, -0.1) is 0 Å². The zero-order valence-electron chi connectivity index (χ0n) is 9.00. The van der Waals surface area contributed by atoms with Crippen molar-refractivity contribution in [1.82, 2.24) is 5.32 Å². The summed E-state index contributed by atoms with van der Waals surface area (Å²) in [5, 5.41) is 3.44. The van der Waals surface area contributed by atoms with Crippen LogP contribution in [0.25, 0.3) is 0 Å². The van der Waals surface area contributed by atoms with Crippen molar-refractivity contribution in [3.63, 3.8) is 0 Å². The summed E-state index contributed by atoms with van der Waals surface area (Å²) in [5.41, 5.74) is 3.50. The van der Waals surface area contributed by atoms with Gasteiger partial charge in [0.05, 0.1) is 6.04 Å². The fourth-order valence-electron chi connectivity index (χ4n) is 2.85. The Bertz CT molecular complexity index is 433. The molecule has 0 fully saturated rings. The number of allylic oxidation sites excluding steroid dienone is 3. The number of halogens is 1. The van der Waals surface area contributed by atoms with Crippen LogP contribution < -0.4 is 5.32 Å². The standard InChI is InChI=1S/C13H14FNO/c14-9-2-4-13-11(6-9)10-5-8(7-16)1-3-12(10)15-13/h2,6-8,13,15H,1,3-5H2/t8-,13+/m0/s1. The van der Waals surface area contributed by atoms with E-state index in [0.29, 0.717) is 0 Å². The molecular formula is C13H14FNO. The summed E-state index contributed by atoms with van der Waals surface area (Å²) in [6, 6.07) is 0.245. The summed E-state index contributed by atoms with van der Waals surface area (Å²) in [4.78, 5) is 10.8. The number of nitrogens with one attached hydrogen (secondary N) is 1. The van der Waals surface area contributed by atoms with E-state index in [4.69, 9.17) is 0 Å². The summed E-state index contributed by atoms with van der Waals surface area (Å²) < 4.78 is 13.2. The minimum absolute atomic E-state index is 0.120. The van der Waals surface area contributed by atoms with Crippen LogP contribution in [0.15, 0.2) is 34.8 Å². The fraction of sp³-hybridized carbons (Fsp3) is 0.462. The zero-order chi connectivity index (χ0) is 11.1. The highest BCUT2D eigenvalue weighted by Gasteiger charge is 2.34. The first kappa shape index (κ1) is 9.82. The smallest absolute Gasteiger partial charge is 0.123 e. The second kappa shape index (κ2) is 3.58. The zero-order valence-corrected chi connectivity index (χ0v) is 9.00. The normalized spacial score (nSPS) is 32.3. The van der Waals surface area contributed by atoms with Crippen LogP contribution in [0, 0.1) is 5.92 Å². The van der Waals surface area contributed by atoms with Crippen molar-refractivity contribution >= 4 is 6.29 Å². The van der Waals surface area contributed by atoms with Crippen LogP contribution in [-0.2, 0) is 4.79 Å². The molecule has 84 valence electrons. The third kappa shape index (κ3) is 1.42. The van der Waals surface area contributed by atoms with E-state index in [1.54, 1.807) is 12.2 Å². The van der Waals surface area contributed by atoms with Crippen LogP contribution in [0.4, 0.5) is 4.39 Å². The van der Waals surface area contributed by atoms with E-state index < -0.39 is 0 Å². The largest absolute Gasteiger partial charge is 0.381 e. The van der Waals surface area contributed by atoms with Crippen molar-refractivity contribution in [2.75, 3.05) is 0 Å². The lowest BCUT2D eigenvalue weighted by molar-refractivity contribution is -0.111. The number of hydrogen-bond donors (Lipinski definition) is 1. The quantitative estimate of drug-likeness (QED) is 0.686. The Kier molecular flexibility index (Phi) is 2.20. The fourth-order valence-corrected chi connectivity index (χ4v) is 2.85. The number of carbonyl (C=O) groups is 1. The van der Waals surface area contributed by atoms with E-state index in [9.17, 15) is 9.18 Å². The Morgan fingerprint density at radius 1 is 1.50 bits per heavy atom. The molecule has 0 aromatic rings. The number of hydrogen-bond acceptors (Lipinski definition) is 2. The minimum atomic E-state index is -0.143. The average molecular weight is 219 g/mol. The molecule has 2 aliphatic carbocycles. The molecule has 2 nitrogen and oxygen atoms in total. The van der Waals surface area contributed by atoms with Gasteiger partial charge in [-0.1, -0.05) is 0 Å². The molecule has 3 heteroatoms. The molecule has 0 spiro atoms.